The van der Waals surface area contributed by atoms with Gasteiger partial charge in [-0.25, -0.2) is 8.78 Å². The largest absolute Gasteiger partial charge is 0.309 e. The average Bonchev–Trinajstić information content (AvgIpc) is 2.38. The third-order valence-corrected chi connectivity index (χ3v) is 2.73. The van der Waals surface area contributed by atoms with Crippen LogP contribution in [0.3, 0.4) is 0 Å². The summed E-state index contributed by atoms with van der Waals surface area (Å²) in [5.74, 6) is -1.23. The Balaban J connectivity index is 1.90. The number of hydrogen-bond acceptors (Lipinski definition) is 3. The minimum absolute atomic E-state index is 0.0287. The van der Waals surface area contributed by atoms with Gasteiger partial charge in [-0.15, -0.1) is 0 Å². The molecule has 0 bridgehead atoms. The summed E-state index contributed by atoms with van der Waals surface area (Å²) >= 11 is 0. The molecule has 0 fully saturated rings. The first kappa shape index (κ1) is 14.1. The number of nitrogens with one attached hydrogen (secondary N) is 1. The highest BCUT2D eigenvalue weighted by Crippen LogP contribution is 2.12. The highest BCUT2D eigenvalue weighted by molar-refractivity contribution is 5.32. The number of benzene rings is 2. The molecule has 2 aromatic rings. The molecule has 0 atom stereocenters. The molecule has 0 amide bonds. The summed E-state index contributed by atoms with van der Waals surface area (Å²) in [5.41, 5.74) is 1.39. The third kappa shape index (κ3) is 3.83. The van der Waals surface area contributed by atoms with Crippen LogP contribution in [-0.2, 0) is 13.1 Å². The van der Waals surface area contributed by atoms with Crippen molar-refractivity contribution >= 4 is 5.69 Å². The van der Waals surface area contributed by atoms with Gasteiger partial charge in [0.1, 0.15) is 11.6 Å². The molecule has 104 valence electrons. The van der Waals surface area contributed by atoms with Gasteiger partial charge in [0.2, 0.25) is 0 Å². The quantitative estimate of drug-likeness (QED) is 0.675. The molecular weight excluding hydrogens is 266 g/mol. The van der Waals surface area contributed by atoms with Crippen molar-refractivity contribution in [2.75, 3.05) is 0 Å². The molecule has 4 nitrogen and oxygen atoms in total. The molecule has 20 heavy (non-hydrogen) atoms. The van der Waals surface area contributed by atoms with Crippen LogP contribution in [0.5, 0.6) is 0 Å². The normalized spacial score (nSPS) is 10.5. The standard InChI is InChI=1S/C14H12F2N2O2/c15-12-5-11(6-13(16)7-12)9-17-8-10-1-3-14(4-2-10)18(19)20/h1-7,17H,8-9H2. The topological polar surface area (TPSA) is 55.2 Å². The van der Waals surface area contributed by atoms with Gasteiger partial charge in [0.05, 0.1) is 4.92 Å². The van der Waals surface area contributed by atoms with Crippen LogP contribution in [0.1, 0.15) is 11.1 Å². The Bertz CT molecular complexity index is 595. The van der Waals surface area contributed by atoms with Crippen molar-refractivity contribution in [1.29, 1.82) is 0 Å². The number of nitro benzene ring substituents is 1. The van der Waals surface area contributed by atoms with Crippen molar-refractivity contribution in [3.63, 3.8) is 0 Å². The fourth-order valence-electron chi connectivity index (χ4n) is 1.80. The van der Waals surface area contributed by atoms with E-state index >= 15 is 0 Å². The van der Waals surface area contributed by atoms with E-state index in [1.54, 1.807) is 12.1 Å². The van der Waals surface area contributed by atoms with Gasteiger partial charge in [-0.05, 0) is 23.3 Å². The number of nitro groups is 1. The highest BCUT2D eigenvalue weighted by Gasteiger charge is 2.04. The summed E-state index contributed by atoms with van der Waals surface area (Å²) in [6, 6.07) is 9.43. The summed E-state index contributed by atoms with van der Waals surface area (Å²) in [5, 5.41) is 13.5. The van der Waals surface area contributed by atoms with E-state index in [2.05, 4.69) is 5.32 Å². The zero-order chi connectivity index (χ0) is 14.5. The molecule has 0 aliphatic rings. The lowest BCUT2D eigenvalue weighted by molar-refractivity contribution is -0.384. The molecule has 1 N–H and O–H groups in total. The van der Waals surface area contributed by atoms with E-state index in [0.29, 0.717) is 18.7 Å². The van der Waals surface area contributed by atoms with Crippen molar-refractivity contribution in [1.82, 2.24) is 5.32 Å². The first-order valence-electron chi connectivity index (χ1n) is 5.93. The second-order valence-electron chi connectivity index (χ2n) is 4.30. The van der Waals surface area contributed by atoms with Crippen LogP contribution >= 0.6 is 0 Å². The highest BCUT2D eigenvalue weighted by atomic mass is 19.1. The maximum absolute atomic E-state index is 13.0. The van der Waals surface area contributed by atoms with E-state index in [1.807, 2.05) is 0 Å². The monoisotopic (exact) mass is 278 g/mol. The molecule has 0 saturated heterocycles. The minimum atomic E-state index is -0.614. The second kappa shape index (κ2) is 6.21. The van der Waals surface area contributed by atoms with E-state index in [9.17, 15) is 18.9 Å². The van der Waals surface area contributed by atoms with Crippen LogP contribution in [-0.4, -0.2) is 4.92 Å². The molecule has 0 saturated carbocycles. The molecule has 6 heteroatoms. The lowest BCUT2D eigenvalue weighted by atomic mass is 10.2. The third-order valence-electron chi connectivity index (χ3n) is 2.73. The average molecular weight is 278 g/mol. The number of nitrogens with zero attached hydrogens (tertiary/aromatic N) is 1. The zero-order valence-electron chi connectivity index (χ0n) is 10.5. The van der Waals surface area contributed by atoms with E-state index < -0.39 is 16.6 Å². The van der Waals surface area contributed by atoms with Gasteiger partial charge in [-0.1, -0.05) is 12.1 Å². The van der Waals surface area contributed by atoms with Crippen LogP contribution in [0.4, 0.5) is 14.5 Å². The van der Waals surface area contributed by atoms with Crippen molar-refractivity contribution in [2.24, 2.45) is 0 Å². The summed E-state index contributed by atoms with van der Waals surface area (Å²) in [6.07, 6.45) is 0. The molecule has 0 spiro atoms. The van der Waals surface area contributed by atoms with Crippen molar-refractivity contribution in [3.8, 4) is 0 Å². The van der Waals surface area contributed by atoms with Crippen LogP contribution in [0.15, 0.2) is 42.5 Å². The zero-order valence-corrected chi connectivity index (χ0v) is 10.5. The summed E-state index contributed by atoms with van der Waals surface area (Å²) < 4.78 is 25.9. The van der Waals surface area contributed by atoms with Gasteiger partial charge in [0, 0.05) is 31.3 Å². The Kier molecular flexibility index (Phi) is 4.37. The number of non-ortho nitro benzene ring substituents is 1. The molecule has 0 unspecified atom stereocenters. The Hall–Kier alpha value is -2.34. The van der Waals surface area contributed by atoms with Crippen LogP contribution in [0.2, 0.25) is 0 Å². The smallest absolute Gasteiger partial charge is 0.269 e. The van der Waals surface area contributed by atoms with Gasteiger partial charge >= 0.3 is 0 Å². The molecule has 0 heterocycles. The second-order valence-corrected chi connectivity index (χ2v) is 4.30. The van der Waals surface area contributed by atoms with Gasteiger partial charge in [-0.3, -0.25) is 10.1 Å². The van der Waals surface area contributed by atoms with Crippen LogP contribution < -0.4 is 5.32 Å². The van der Waals surface area contributed by atoms with E-state index in [1.165, 1.54) is 24.3 Å². The Morgan fingerprint density at radius 2 is 1.50 bits per heavy atom. The SMILES string of the molecule is O=[N+]([O-])c1ccc(CNCc2cc(F)cc(F)c2)cc1. The predicted molar refractivity (Wildman–Crippen MR) is 70.0 cm³/mol. The minimum Gasteiger partial charge on any atom is -0.309 e. The number of rotatable bonds is 5. The van der Waals surface area contributed by atoms with Gasteiger partial charge in [-0.2, -0.15) is 0 Å². The van der Waals surface area contributed by atoms with Gasteiger partial charge < -0.3 is 5.32 Å². The Labute approximate surface area is 114 Å². The molecule has 0 aliphatic carbocycles. The first-order valence-corrected chi connectivity index (χ1v) is 5.93. The summed E-state index contributed by atoms with van der Waals surface area (Å²) in [7, 11) is 0. The lowest BCUT2D eigenvalue weighted by Crippen LogP contribution is -2.13. The summed E-state index contributed by atoms with van der Waals surface area (Å²) in [4.78, 5) is 10.0. The number of halogens is 2. The lowest BCUT2D eigenvalue weighted by Gasteiger charge is -2.05. The maximum atomic E-state index is 13.0. The van der Waals surface area contributed by atoms with E-state index in [0.717, 1.165) is 11.6 Å². The van der Waals surface area contributed by atoms with Crippen LogP contribution in [0, 0.1) is 21.7 Å². The van der Waals surface area contributed by atoms with E-state index in [-0.39, 0.29) is 5.69 Å². The Morgan fingerprint density at radius 3 is 2.05 bits per heavy atom. The molecule has 0 aromatic heterocycles. The molecule has 0 aliphatic heterocycles. The van der Waals surface area contributed by atoms with Crippen molar-refractivity contribution in [3.05, 3.63) is 75.3 Å². The predicted octanol–water partition coefficient (Wildman–Crippen LogP) is 3.16. The molecule has 2 aromatic carbocycles. The first-order chi connectivity index (χ1) is 9.54. The van der Waals surface area contributed by atoms with Gasteiger partial charge in [0.25, 0.3) is 5.69 Å². The molecule has 0 radical (unpaired) electrons. The van der Waals surface area contributed by atoms with Crippen LogP contribution in [0.25, 0.3) is 0 Å². The molecule has 2 rings (SSSR count). The Morgan fingerprint density at radius 1 is 0.950 bits per heavy atom. The van der Waals surface area contributed by atoms with Gasteiger partial charge in [0.15, 0.2) is 0 Å². The maximum Gasteiger partial charge on any atom is 0.269 e. The van der Waals surface area contributed by atoms with E-state index in [4.69, 9.17) is 0 Å². The van der Waals surface area contributed by atoms with Crippen molar-refractivity contribution < 1.29 is 13.7 Å². The fourth-order valence-corrected chi connectivity index (χ4v) is 1.80. The van der Waals surface area contributed by atoms with Crippen molar-refractivity contribution in [2.45, 2.75) is 13.1 Å². The fraction of sp³-hybridized carbons (Fsp3) is 0.143. The number of hydrogen-bond donors (Lipinski definition) is 1. The molecular formula is C14H12F2N2O2. The summed E-state index contributed by atoms with van der Waals surface area (Å²) in [6.45, 7) is 0.766.